The third kappa shape index (κ3) is 38.8. The van der Waals surface area contributed by atoms with E-state index in [1.807, 2.05) is 0 Å². The first-order chi connectivity index (χ1) is 29.0. The first kappa shape index (κ1) is 67.4. The van der Waals surface area contributed by atoms with E-state index < -0.39 is 75.6 Å². The largest absolute Gasteiger partial charge is 0.513 e. The summed E-state index contributed by atoms with van der Waals surface area (Å²) in [5.41, 5.74) is -1.98. The van der Waals surface area contributed by atoms with Gasteiger partial charge in [0.1, 0.15) is 23.8 Å². The lowest BCUT2D eigenvalue weighted by molar-refractivity contribution is -0.164. The topological polar surface area (TPSA) is 296 Å². The Balaban J connectivity index is -0.000000964. The van der Waals surface area contributed by atoms with E-state index in [-0.39, 0.29) is 60.1 Å². The fraction of sp³-hybridized carbons (Fsp3) is 0.824. The molecular formula is C34H65ClO20P6S2+2. The van der Waals surface area contributed by atoms with Gasteiger partial charge in [0.2, 0.25) is 0 Å². The number of thioether (sulfide) groups is 2. The van der Waals surface area contributed by atoms with Crippen molar-refractivity contribution in [1.29, 1.82) is 0 Å². The van der Waals surface area contributed by atoms with Gasteiger partial charge in [-0.2, -0.15) is 0 Å². The van der Waals surface area contributed by atoms with Gasteiger partial charge in [-0.15, -0.1) is 0 Å². The third-order valence-corrected chi connectivity index (χ3v) is 19.1. The van der Waals surface area contributed by atoms with Crippen molar-refractivity contribution < 1.29 is 94.6 Å². The molecule has 8 unspecified atom stereocenters. The molecule has 0 spiro atoms. The van der Waals surface area contributed by atoms with Crippen molar-refractivity contribution >= 4 is 115 Å². The molecule has 0 bridgehead atoms. The van der Waals surface area contributed by atoms with Crippen LogP contribution in [0.25, 0.3) is 0 Å². The molecule has 0 aromatic heterocycles. The standard InChI is InChI=1S/C17H32O10P3S.C15H26O5S.C2H7ClO5P3/c1-13(18)31-11-7-9-14(19)8-6-10-15(20)16(21)17(2,3)12-25-30(23,27-29(5)22)28-26-24-4;1-11(17)21-9-5-7-12(18)6-4-8-13(19)14(20)15(2,3)10-16;1-6-7-9-11(3,5)8-10(2)4/h16,21,28H,6-12H2,1-5H3;14,16,20H,4-10H2,1-3H3;9H,1-2H3/q+1;;+1. The Bertz CT molecular complexity index is 1560. The number of halogens is 1. The van der Waals surface area contributed by atoms with Gasteiger partial charge in [0.05, 0.1) is 27.4 Å². The van der Waals surface area contributed by atoms with Crippen LogP contribution in [0.1, 0.15) is 106 Å². The maximum Gasteiger partial charge on any atom is 0.513 e. The first-order valence-corrected chi connectivity index (χ1v) is 31.8. The number of aliphatic hydroxyl groups excluding tert-OH is 3. The lowest BCUT2D eigenvalue weighted by Gasteiger charge is -2.29. The minimum Gasteiger partial charge on any atom is -0.396 e. The molecule has 0 saturated carbocycles. The van der Waals surface area contributed by atoms with Gasteiger partial charge in [-0.05, 0) is 46.1 Å². The van der Waals surface area contributed by atoms with Crippen molar-refractivity contribution in [2.75, 3.05) is 52.3 Å². The molecule has 0 saturated heterocycles. The zero-order valence-electron chi connectivity index (χ0n) is 37.3. The Morgan fingerprint density at radius 2 is 1.05 bits per heavy atom. The number of carbonyl (C=O) groups is 6. The Labute approximate surface area is 388 Å². The van der Waals surface area contributed by atoms with Crippen LogP contribution in [0.15, 0.2) is 0 Å². The highest BCUT2D eigenvalue weighted by Gasteiger charge is 2.41. The van der Waals surface area contributed by atoms with Gasteiger partial charge in [-0.3, -0.25) is 33.3 Å². The van der Waals surface area contributed by atoms with Crippen LogP contribution in [0.3, 0.4) is 0 Å². The van der Waals surface area contributed by atoms with Gasteiger partial charge in [-0.25, -0.2) is 23.7 Å². The van der Waals surface area contributed by atoms with Crippen LogP contribution in [0.4, 0.5) is 0 Å². The van der Waals surface area contributed by atoms with Crippen molar-refractivity contribution in [3.8, 4) is 0 Å². The monoisotopic (exact) mass is 1080 g/mol. The minimum absolute atomic E-state index is 0.0000605. The van der Waals surface area contributed by atoms with Gasteiger partial charge in [0.25, 0.3) is 0 Å². The van der Waals surface area contributed by atoms with E-state index in [4.69, 9.17) is 25.2 Å². The van der Waals surface area contributed by atoms with E-state index in [1.165, 1.54) is 64.9 Å². The molecule has 0 heterocycles. The van der Waals surface area contributed by atoms with Gasteiger partial charge in [0, 0.05) is 74.7 Å². The molecule has 0 fully saturated rings. The van der Waals surface area contributed by atoms with Crippen LogP contribution in [-0.4, -0.2) is 113 Å². The summed E-state index contributed by atoms with van der Waals surface area (Å²) in [6, 6.07) is 0. The molecule has 0 aliphatic carbocycles. The lowest BCUT2D eigenvalue weighted by Crippen LogP contribution is -2.39. The van der Waals surface area contributed by atoms with Crippen molar-refractivity contribution in [1.82, 2.24) is 0 Å². The van der Waals surface area contributed by atoms with Gasteiger partial charge in [0.15, 0.2) is 52.1 Å². The average molecular weight is 1080 g/mol. The van der Waals surface area contributed by atoms with Crippen LogP contribution >= 0.6 is 81.5 Å². The average Bonchev–Trinajstić information content (AvgIpc) is 3.17. The molecule has 0 aliphatic rings. The van der Waals surface area contributed by atoms with Crippen molar-refractivity contribution in [3.63, 3.8) is 0 Å². The van der Waals surface area contributed by atoms with Crippen molar-refractivity contribution in [2.45, 2.75) is 118 Å². The van der Waals surface area contributed by atoms with Gasteiger partial charge >= 0.3 is 29.8 Å². The molecule has 3 N–H and O–H groups in total. The Morgan fingerprint density at radius 3 is 1.41 bits per heavy atom. The SMILES string of the molecule is CC(=O)SCCCC(=O)CCCC(=O)C(O)C(C)(C)CO.COOPP(=O)(Cl)O[P+](C)=O.COOPP(=O)(OCC(C)(C)C(O)C(=O)CCCC(=O)CCCSC(C)=O)O[P+](C)=O. The van der Waals surface area contributed by atoms with E-state index in [0.717, 1.165) is 0 Å². The maximum atomic E-state index is 12.6. The second-order valence-corrected chi connectivity index (χ2v) is 29.7. The fourth-order valence-corrected chi connectivity index (χ4v) is 14.2. The smallest absolute Gasteiger partial charge is 0.396 e. The highest BCUT2D eigenvalue weighted by molar-refractivity contribution is 8.33. The van der Waals surface area contributed by atoms with E-state index in [1.54, 1.807) is 27.7 Å². The molecule has 8 atom stereocenters. The summed E-state index contributed by atoms with van der Waals surface area (Å²) < 4.78 is 68.6. The van der Waals surface area contributed by atoms with Crippen LogP contribution in [0, 0.1) is 10.8 Å². The normalized spacial score (nSPS) is 15.3. The molecule has 0 rings (SSSR count). The molecule has 368 valence electrons. The predicted octanol–water partition coefficient (Wildman–Crippen LogP) is 9.05. The summed E-state index contributed by atoms with van der Waals surface area (Å²) in [4.78, 5) is 77.6. The Morgan fingerprint density at radius 1 is 0.667 bits per heavy atom. The summed E-state index contributed by atoms with van der Waals surface area (Å²) in [5.74, 6) is 0.491. The number of rotatable bonds is 34. The molecule has 63 heavy (non-hydrogen) atoms. The van der Waals surface area contributed by atoms with Crippen LogP contribution < -0.4 is 0 Å². The zero-order chi connectivity index (χ0) is 49.5. The summed E-state index contributed by atoms with van der Waals surface area (Å²) >= 11 is 7.65. The van der Waals surface area contributed by atoms with Crippen LogP contribution in [-0.2, 0) is 79.3 Å². The number of ketones is 4. The van der Waals surface area contributed by atoms with Crippen molar-refractivity contribution in [3.05, 3.63) is 0 Å². The second kappa shape index (κ2) is 37.1. The molecule has 29 heteroatoms. The predicted molar refractivity (Wildman–Crippen MR) is 248 cm³/mol. The quantitative estimate of drug-likeness (QED) is 0.0234. The number of carbonyl (C=O) groups excluding carboxylic acids is 6. The van der Waals surface area contributed by atoms with Gasteiger partial charge < -0.3 is 19.8 Å². The minimum atomic E-state index is -3.91. The van der Waals surface area contributed by atoms with E-state index in [9.17, 15) is 57.2 Å². The van der Waals surface area contributed by atoms with Crippen LogP contribution in [0.2, 0.25) is 0 Å². The van der Waals surface area contributed by atoms with Crippen molar-refractivity contribution in [2.24, 2.45) is 10.8 Å². The molecule has 20 nitrogen and oxygen atoms in total. The lowest BCUT2D eigenvalue weighted by atomic mass is 9.84. The summed E-state index contributed by atoms with van der Waals surface area (Å²) in [6.45, 7) is 11.2. The molecule has 0 aliphatic heterocycles. The molecule has 0 radical (unpaired) electrons. The summed E-state index contributed by atoms with van der Waals surface area (Å²) in [7, 11) is -7.22. The molecular weight excluding hydrogens is 1010 g/mol. The fourth-order valence-electron chi connectivity index (χ4n) is 4.25. The molecule has 0 aromatic rings. The third-order valence-electron chi connectivity index (χ3n) is 7.58. The van der Waals surface area contributed by atoms with Crippen LogP contribution in [0.5, 0.6) is 0 Å². The van der Waals surface area contributed by atoms with E-state index >= 15 is 0 Å². The molecule has 0 amide bonds. The number of aliphatic hydroxyl groups is 3. The number of hydrogen-bond acceptors (Lipinski definition) is 22. The Kier molecular flexibility index (Phi) is 39.7. The highest BCUT2D eigenvalue weighted by atomic mass is 35.7. The second-order valence-electron chi connectivity index (χ2n) is 14.5. The van der Waals surface area contributed by atoms with Gasteiger partial charge in [-0.1, -0.05) is 59.8 Å². The Hall–Kier alpha value is 0.130. The number of hydrogen-bond donors (Lipinski definition) is 3. The summed E-state index contributed by atoms with van der Waals surface area (Å²) in [5, 5.41) is 29.4. The number of Topliss-reactive ketones (excluding diaryl/α,β-unsaturated/α-hetero) is 4. The zero-order valence-corrected chi connectivity index (χ0v) is 45.3. The first-order valence-electron chi connectivity index (χ1n) is 19.0. The maximum absolute atomic E-state index is 12.6. The molecule has 0 aromatic carbocycles. The highest BCUT2D eigenvalue weighted by Crippen LogP contribution is 2.72. The summed E-state index contributed by atoms with van der Waals surface area (Å²) in [6.07, 6.45) is -2.63. The van der Waals surface area contributed by atoms with E-state index in [0.29, 0.717) is 56.5 Å². The van der Waals surface area contributed by atoms with E-state index in [2.05, 4.69) is 23.4 Å².